The summed E-state index contributed by atoms with van der Waals surface area (Å²) < 4.78 is 33.7. The number of imidazole rings is 1. The fourth-order valence-electron chi connectivity index (χ4n) is 4.87. The molecule has 3 fully saturated rings. The minimum Gasteiger partial charge on any atom is -0.475 e. The molecule has 0 aromatic carbocycles. The lowest BCUT2D eigenvalue weighted by Gasteiger charge is -2.27. The number of hydrogen-bond donors (Lipinski definition) is 1. The Morgan fingerprint density at radius 1 is 1.29 bits per heavy atom. The van der Waals surface area contributed by atoms with Gasteiger partial charge >= 0.3 is 12.1 Å². The molecule has 1 aliphatic carbocycles. The highest BCUT2D eigenvalue weighted by atomic mass is 32.1. The Bertz CT molecular complexity index is 1130. The highest BCUT2D eigenvalue weighted by Gasteiger charge is 2.59. The molecule has 12 heteroatoms. The van der Waals surface area contributed by atoms with E-state index in [9.17, 15) is 22.8 Å². The number of aliphatic carboxylic acids is 1. The van der Waals surface area contributed by atoms with Gasteiger partial charge in [0, 0.05) is 50.2 Å². The van der Waals surface area contributed by atoms with Crippen molar-refractivity contribution in [3.8, 4) is 0 Å². The molecule has 2 amide bonds. The van der Waals surface area contributed by atoms with Crippen molar-refractivity contribution in [2.75, 3.05) is 26.2 Å². The summed E-state index contributed by atoms with van der Waals surface area (Å²) in [5.74, 6) is -1.83. The average molecular weight is 513 g/mol. The van der Waals surface area contributed by atoms with Gasteiger partial charge in [0.25, 0.3) is 5.91 Å². The molecule has 1 N–H and O–H groups in total. The summed E-state index contributed by atoms with van der Waals surface area (Å²) in [6.07, 6.45) is 2.00. The molecule has 2 aliphatic heterocycles. The second-order valence-electron chi connectivity index (χ2n) is 9.52. The van der Waals surface area contributed by atoms with E-state index in [1.807, 2.05) is 41.8 Å². The van der Waals surface area contributed by atoms with Crippen molar-refractivity contribution in [2.24, 2.45) is 18.4 Å². The molecular formula is C23H27F3N4O4S. The number of aryl methyl sites for hydroxylation is 2. The molecule has 8 nitrogen and oxygen atoms in total. The second kappa shape index (κ2) is 9.29. The summed E-state index contributed by atoms with van der Waals surface area (Å²) in [7, 11) is 1.95. The molecule has 5 rings (SSSR count). The number of carboxylic acids is 1. The zero-order chi connectivity index (χ0) is 25.5. The van der Waals surface area contributed by atoms with Gasteiger partial charge in [-0.25, -0.2) is 9.78 Å². The Balaban J connectivity index is 0.000000364. The lowest BCUT2D eigenvalue weighted by Crippen LogP contribution is -2.41. The maximum atomic E-state index is 13.5. The zero-order valence-corrected chi connectivity index (χ0v) is 20.2. The Labute approximate surface area is 204 Å². The number of alkyl halides is 3. The number of halogens is 3. The number of carboxylic acid groups (broad SMARTS) is 1. The Hall–Kier alpha value is -2.89. The Morgan fingerprint density at radius 2 is 1.97 bits per heavy atom. The summed E-state index contributed by atoms with van der Waals surface area (Å²) in [4.78, 5) is 46.0. The van der Waals surface area contributed by atoms with Crippen LogP contribution >= 0.6 is 11.3 Å². The Kier molecular flexibility index (Phi) is 6.69. The van der Waals surface area contributed by atoms with E-state index in [0.29, 0.717) is 19.0 Å². The first-order valence-electron chi connectivity index (χ1n) is 11.3. The molecule has 2 aromatic heterocycles. The summed E-state index contributed by atoms with van der Waals surface area (Å²) >= 11 is 1.53. The predicted molar refractivity (Wildman–Crippen MR) is 121 cm³/mol. The quantitative estimate of drug-likeness (QED) is 0.679. The van der Waals surface area contributed by atoms with Gasteiger partial charge in [-0.1, -0.05) is 0 Å². The summed E-state index contributed by atoms with van der Waals surface area (Å²) in [6.45, 7) is 4.77. The zero-order valence-electron chi connectivity index (χ0n) is 19.4. The molecule has 2 aromatic rings. The number of thiophene rings is 1. The summed E-state index contributed by atoms with van der Waals surface area (Å²) in [6, 6.07) is 3.89. The molecule has 1 spiro atoms. The monoisotopic (exact) mass is 512 g/mol. The van der Waals surface area contributed by atoms with Gasteiger partial charge in [-0.2, -0.15) is 13.2 Å². The van der Waals surface area contributed by atoms with Gasteiger partial charge in [0.05, 0.1) is 22.3 Å². The number of rotatable bonds is 4. The Morgan fingerprint density at radius 3 is 2.49 bits per heavy atom. The predicted octanol–water partition coefficient (Wildman–Crippen LogP) is 3.29. The minimum absolute atomic E-state index is 0.0320. The van der Waals surface area contributed by atoms with Crippen LogP contribution in [0.3, 0.4) is 0 Å². The van der Waals surface area contributed by atoms with Crippen molar-refractivity contribution in [2.45, 2.75) is 38.3 Å². The van der Waals surface area contributed by atoms with Crippen LogP contribution in [0.2, 0.25) is 0 Å². The van der Waals surface area contributed by atoms with Gasteiger partial charge in [0.2, 0.25) is 5.91 Å². The van der Waals surface area contributed by atoms with Crippen LogP contribution in [-0.2, 0) is 16.6 Å². The van der Waals surface area contributed by atoms with Gasteiger partial charge in [-0.3, -0.25) is 9.59 Å². The van der Waals surface area contributed by atoms with Crippen molar-refractivity contribution in [3.63, 3.8) is 0 Å². The first-order valence-corrected chi connectivity index (χ1v) is 12.2. The van der Waals surface area contributed by atoms with Crippen molar-refractivity contribution in [1.29, 1.82) is 0 Å². The number of carbonyl (C=O) groups is 3. The van der Waals surface area contributed by atoms with Crippen LogP contribution in [-0.4, -0.2) is 74.6 Å². The smallest absolute Gasteiger partial charge is 0.475 e. The lowest BCUT2D eigenvalue weighted by atomic mass is 9.75. The average Bonchev–Trinajstić information content (AvgIpc) is 3.09. The normalized spacial score (nSPS) is 24.1. The molecule has 0 radical (unpaired) electrons. The molecule has 2 atom stereocenters. The SMILES string of the molecule is Cc1ccc(C(=O)N2CC(c3cn(C)cn3)C3(CCN(CC4CC4)C3=O)C2)s1.O=C(O)C(F)(F)F. The molecule has 2 saturated heterocycles. The fourth-order valence-corrected chi connectivity index (χ4v) is 5.71. The lowest BCUT2D eigenvalue weighted by molar-refractivity contribution is -0.192. The molecule has 35 heavy (non-hydrogen) atoms. The molecule has 4 heterocycles. The van der Waals surface area contributed by atoms with Gasteiger partial charge in [0.15, 0.2) is 0 Å². The van der Waals surface area contributed by atoms with Crippen LogP contribution in [0.25, 0.3) is 0 Å². The largest absolute Gasteiger partial charge is 0.490 e. The number of likely N-dealkylation sites (tertiary alicyclic amines) is 2. The third kappa shape index (κ3) is 5.21. The van der Waals surface area contributed by atoms with Crippen molar-refractivity contribution >= 4 is 29.1 Å². The van der Waals surface area contributed by atoms with Crippen LogP contribution in [0.15, 0.2) is 24.7 Å². The van der Waals surface area contributed by atoms with Crippen LogP contribution in [0.4, 0.5) is 13.2 Å². The molecule has 3 aliphatic rings. The first-order chi connectivity index (χ1) is 16.4. The standard InChI is InChI=1S/C21H26N4O2S.C2HF3O2/c1-14-3-6-18(28-14)19(26)25-10-16(17-11-23(2)13-22-17)21(12-25)7-8-24(20(21)27)9-15-4-5-15;3-2(4,5)1(6)7/h3,6,11,13,15-16H,4-5,7-10,12H2,1-2H3;(H,6,7). The second-order valence-corrected chi connectivity index (χ2v) is 10.8. The van der Waals surface area contributed by atoms with E-state index < -0.39 is 17.6 Å². The van der Waals surface area contributed by atoms with E-state index in [0.717, 1.165) is 35.0 Å². The topological polar surface area (TPSA) is 95.7 Å². The number of aromatic nitrogens is 2. The number of nitrogens with zero attached hydrogens (tertiary/aromatic N) is 4. The van der Waals surface area contributed by atoms with Crippen molar-refractivity contribution in [3.05, 3.63) is 40.1 Å². The molecule has 190 valence electrons. The summed E-state index contributed by atoms with van der Waals surface area (Å²) in [5.41, 5.74) is 0.410. The van der Waals surface area contributed by atoms with Gasteiger partial charge in [0.1, 0.15) is 0 Å². The van der Waals surface area contributed by atoms with Crippen LogP contribution in [0.5, 0.6) is 0 Å². The summed E-state index contributed by atoms with van der Waals surface area (Å²) in [5, 5.41) is 7.12. The van der Waals surface area contributed by atoms with E-state index in [4.69, 9.17) is 9.90 Å². The first kappa shape index (κ1) is 25.2. The van der Waals surface area contributed by atoms with E-state index in [2.05, 4.69) is 9.88 Å². The third-order valence-corrected chi connectivity index (χ3v) is 7.81. The number of amides is 2. The van der Waals surface area contributed by atoms with E-state index in [-0.39, 0.29) is 17.7 Å². The highest BCUT2D eigenvalue weighted by Crippen LogP contribution is 2.50. The van der Waals surface area contributed by atoms with Crippen LogP contribution in [0.1, 0.15) is 45.4 Å². The van der Waals surface area contributed by atoms with Crippen molar-refractivity contribution < 1.29 is 32.7 Å². The van der Waals surface area contributed by atoms with Gasteiger partial charge < -0.3 is 19.5 Å². The molecular weight excluding hydrogens is 485 g/mol. The van der Waals surface area contributed by atoms with Crippen molar-refractivity contribution in [1.82, 2.24) is 19.4 Å². The van der Waals surface area contributed by atoms with Gasteiger partial charge in [-0.15, -0.1) is 11.3 Å². The maximum absolute atomic E-state index is 13.5. The van der Waals surface area contributed by atoms with E-state index >= 15 is 0 Å². The van der Waals surface area contributed by atoms with E-state index in [1.54, 1.807) is 6.33 Å². The molecule has 0 bridgehead atoms. The fraction of sp³-hybridized carbons (Fsp3) is 0.565. The highest BCUT2D eigenvalue weighted by molar-refractivity contribution is 7.13. The van der Waals surface area contributed by atoms with E-state index in [1.165, 1.54) is 24.2 Å². The maximum Gasteiger partial charge on any atom is 0.490 e. The third-order valence-electron chi connectivity index (χ3n) is 6.82. The van der Waals surface area contributed by atoms with Crippen LogP contribution < -0.4 is 0 Å². The molecule has 2 unspecified atom stereocenters. The number of hydrogen-bond acceptors (Lipinski definition) is 5. The van der Waals surface area contributed by atoms with Crippen LogP contribution in [0, 0.1) is 18.3 Å². The van der Waals surface area contributed by atoms with Gasteiger partial charge in [-0.05, 0) is 44.2 Å². The number of carbonyl (C=O) groups excluding carboxylic acids is 2. The molecule has 1 saturated carbocycles. The minimum atomic E-state index is -5.08.